The zero-order valence-electron chi connectivity index (χ0n) is 7.93. The van der Waals surface area contributed by atoms with E-state index < -0.39 is 5.97 Å². The highest BCUT2D eigenvalue weighted by atomic mass is 35.5. The fraction of sp³-hybridized carbons (Fsp3) is 0.300. The van der Waals surface area contributed by atoms with Gasteiger partial charge < -0.3 is 4.74 Å². The van der Waals surface area contributed by atoms with Crippen LogP contribution in [0.5, 0.6) is 0 Å². The van der Waals surface area contributed by atoms with Gasteiger partial charge in [0.1, 0.15) is 0 Å². The molecule has 0 aliphatic heterocycles. The molecular weight excluding hydrogens is 223 g/mol. The number of rotatable bonds is 2. The first-order valence-corrected chi connectivity index (χ1v) is 4.95. The third kappa shape index (κ3) is 2.20. The number of halogens is 2. The van der Waals surface area contributed by atoms with E-state index in [9.17, 15) is 4.79 Å². The summed E-state index contributed by atoms with van der Waals surface area (Å²) in [6, 6.07) is 3.20. The molecule has 0 saturated carbocycles. The van der Waals surface area contributed by atoms with Crippen LogP contribution >= 0.6 is 23.2 Å². The minimum Gasteiger partial charge on any atom is -0.462 e. The molecule has 1 rings (SSSR count). The number of esters is 1. The summed E-state index contributed by atoms with van der Waals surface area (Å²) >= 11 is 11.8. The molecule has 14 heavy (non-hydrogen) atoms. The third-order valence-corrected chi connectivity index (χ3v) is 2.71. The van der Waals surface area contributed by atoms with Gasteiger partial charge in [-0.05, 0) is 31.5 Å². The van der Waals surface area contributed by atoms with Gasteiger partial charge in [-0.2, -0.15) is 0 Å². The van der Waals surface area contributed by atoms with Gasteiger partial charge in [0, 0.05) is 5.02 Å². The predicted molar refractivity (Wildman–Crippen MR) is 57.2 cm³/mol. The molecule has 4 heteroatoms. The summed E-state index contributed by atoms with van der Waals surface area (Å²) in [5, 5.41) is 0.902. The van der Waals surface area contributed by atoms with Crippen molar-refractivity contribution in [1.29, 1.82) is 0 Å². The van der Waals surface area contributed by atoms with Crippen molar-refractivity contribution in [3.63, 3.8) is 0 Å². The molecule has 0 N–H and O–H groups in total. The summed E-state index contributed by atoms with van der Waals surface area (Å²) in [4.78, 5) is 11.4. The lowest BCUT2D eigenvalue weighted by molar-refractivity contribution is 0.0526. The molecule has 1 aromatic rings. The van der Waals surface area contributed by atoms with Crippen LogP contribution in [-0.2, 0) is 4.74 Å². The van der Waals surface area contributed by atoms with Crippen LogP contribution in [0.3, 0.4) is 0 Å². The van der Waals surface area contributed by atoms with Crippen LogP contribution in [0.1, 0.15) is 22.8 Å². The number of carbonyl (C=O) groups is 1. The van der Waals surface area contributed by atoms with Gasteiger partial charge in [-0.1, -0.05) is 23.2 Å². The SMILES string of the molecule is CCOC(=O)c1ccc(Cl)c(C)c1Cl. The van der Waals surface area contributed by atoms with Crippen molar-refractivity contribution in [2.75, 3.05) is 6.61 Å². The Balaban J connectivity index is 3.11. The fourth-order valence-corrected chi connectivity index (χ4v) is 1.48. The van der Waals surface area contributed by atoms with Crippen LogP contribution in [0.2, 0.25) is 10.0 Å². The van der Waals surface area contributed by atoms with Crippen LogP contribution in [0.4, 0.5) is 0 Å². The second kappa shape index (κ2) is 4.67. The first-order chi connectivity index (χ1) is 6.57. The molecule has 0 heterocycles. The number of ether oxygens (including phenoxy) is 1. The van der Waals surface area contributed by atoms with E-state index in [1.807, 2.05) is 0 Å². The first-order valence-electron chi connectivity index (χ1n) is 4.19. The summed E-state index contributed by atoms with van der Waals surface area (Å²) in [6.45, 7) is 3.83. The van der Waals surface area contributed by atoms with Gasteiger partial charge in [0.05, 0.1) is 17.2 Å². The standard InChI is InChI=1S/C10H10Cl2O2/c1-3-14-10(13)7-4-5-8(11)6(2)9(7)12/h4-5H,3H2,1-2H3. The molecule has 0 aliphatic carbocycles. The Kier molecular flexibility index (Phi) is 3.78. The van der Waals surface area contributed by atoms with Gasteiger partial charge in [0.25, 0.3) is 0 Å². The summed E-state index contributed by atoms with van der Waals surface area (Å²) in [7, 11) is 0. The predicted octanol–water partition coefficient (Wildman–Crippen LogP) is 3.48. The smallest absolute Gasteiger partial charge is 0.339 e. The average Bonchev–Trinajstić information content (AvgIpc) is 2.15. The van der Waals surface area contributed by atoms with Gasteiger partial charge in [-0.25, -0.2) is 4.79 Å². The van der Waals surface area contributed by atoms with Crippen molar-refractivity contribution in [3.8, 4) is 0 Å². The van der Waals surface area contributed by atoms with E-state index in [1.165, 1.54) is 0 Å². The Hall–Kier alpha value is -0.730. The quantitative estimate of drug-likeness (QED) is 0.731. The highest BCUT2D eigenvalue weighted by Crippen LogP contribution is 2.27. The molecule has 0 bridgehead atoms. The summed E-state index contributed by atoms with van der Waals surface area (Å²) in [5.41, 5.74) is 1.05. The molecule has 0 amide bonds. The molecule has 0 radical (unpaired) electrons. The van der Waals surface area contributed by atoms with Crippen molar-refractivity contribution in [2.24, 2.45) is 0 Å². The molecule has 0 aromatic heterocycles. The van der Waals surface area contributed by atoms with Crippen molar-refractivity contribution in [2.45, 2.75) is 13.8 Å². The molecular formula is C10H10Cl2O2. The highest BCUT2D eigenvalue weighted by Gasteiger charge is 2.14. The van der Waals surface area contributed by atoms with Crippen molar-refractivity contribution >= 4 is 29.2 Å². The Morgan fingerprint density at radius 2 is 2.07 bits per heavy atom. The van der Waals surface area contributed by atoms with Crippen molar-refractivity contribution < 1.29 is 9.53 Å². The monoisotopic (exact) mass is 232 g/mol. The third-order valence-electron chi connectivity index (χ3n) is 1.82. The molecule has 76 valence electrons. The summed E-state index contributed by atoms with van der Waals surface area (Å²) in [5.74, 6) is -0.419. The van der Waals surface area contributed by atoms with E-state index in [4.69, 9.17) is 27.9 Å². The molecule has 0 atom stereocenters. The number of carbonyl (C=O) groups excluding carboxylic acids is 1. The first kappa shape index (κ1) is 11.3. The number of hydrogen-bond acceptors (Lipinski definition) is 2. The second-order valence-electron chi connectivity index (χ2n) is 2.75. The lowest BCUT2D eigenvalue weighted by Crippen LogP contribution is -2.05. The molecule has 0 aliphatic rings. The molecule has 0 saturated heterocycles. The van der Waals surface area contributed by atoms with Gasteiger partial charge in [-0.3, -0.25) is 0 Å². The van der Waals surface area contributed by atoms with Gasteiger partial charge in [0.15, 0.2) is 0 Å². The number of benzene rings is 1. The van der Waals surface area contributed by atoms with Crippen LogP contribution in [0.15, 0.2) is 12.1 Å². The average molecular weight is 233 g/mol. The highest BCUT2D eigenvalue weighted by molar-refractivity contribution is 6.37. The second-order valence-corrected chi connectivity index (χ2v) is 3.54. The Labute approximate surface area is 92.8 Å². The van der Waals surface area contributed by atoms with Crippen LogP contribution in [0.25, 0.3) is 0 Å². The van der Waals surface area contributed by atoms with E-state index in [0.717, 1.165) is 0 Å². The lowest BCUT2D eigenvalue weighted by Gasteiger charge is -2.07. The summed E-state index contributed by atoms with van der Waals surface area (Å²) < 4.78 is 4.84. The minimum atomic E-state index is -0.419. The fourth-order valence-electron chi connectivity index (χ4n) is 1.03. The number of hydrogen-bond donors (Lipinski definition) is 0. The van der Waals surface area contributed by atoms with E-state index in [0.29, 0.717) is 27.8 Å². The van der Waals surface area contributed by atoms with E-state index >= 15 is 0 Å². The Morgan fingerprint density at radius 1 is 1.43 bits per heavy atom. The van der Waals surface area contributed by atoms with Gasteiger partial charge >= 0.3 is 5.97 Å². The van der Waals surface area contributed by atoms with Crippen molar-refractivity contribution in [1.82, 2.24) is 0 Å². The minimum absolute atomic E-state index is 0.330. The normalized spacial score (nSPS) is 10.0. The molecule has 0 spiro atoms. The lowest BCUT2D eigenvalue weighted by atomic mass is 10.1. The van der Waals surface area contributed by atoms with Crippen LogP contribution < -0.4 is 0 Å². The maximum Gasteiger partial charge on any atom is 0.339 e. The van der Waals surface area contributed by atoms with Crippen LogP contribution in [0, 0.1) is 6.92 Å². The zero-order chi connectivity index (χ0) is 10.7. The largest absolute Gasteiger partial charge is 0.462 e. The van der Waals surface area contributed by atoms with E-state index in [-0.39, 0.29) is 0 Å². The van der Waals surface area contributed by atoms with Crippen LogP contribution in [-0.4, -0.2) is 12.6 Å². The maximum absolute atomic E-state index is 11.4. The van der Waals surface area contributed by atoms with E-state index in [1.54, 1.807) is 26.0 Å². The molecule has 2 nitrogen and oxygen atoms in total. The Morgan fingerprint density at radius 3 is 2.64 bits per heavy atom. The summed E-state index contributed by atoms with van der Waals surface area (Å²) in [6.07, 6.45) is 0. The topological polar surface area (TPSA) is 26.3 Å². The molecule has 0 unspecified atom stereocenters. The maximum atomic E-state index is 11.4. The molecule has 1 aromatic carbocycles. The van der Waals surface area contributed by atoms with E-state index in [2.05, 4.69) is 0 Å². The molecule has 0 fully saturated rings. The Bertz CT molecular complexity index is 361. The zero-order valence-corrected chi connectivity index (χ0v) is 9.45. The van der Waals surface area contributed by atoms with Crippen molar-refractivity contribution in [3.05, 3.63) is 33.3 Å². The van der Waals surface area contributed by atoms with Gasteiger partial charge in [0.2, 0.25) is 0 Å². The van der Waals surface area contributed by atoms with Gasteiger partial charge in [-0.15, -0.1) is 0 Å².